The Labute approximate surface area is 162 Å². The van der Waals surface area contributed by atoms with Gasteiger partial charge in [-0.3, -0.25) is 0 Å². The average Bonchev–Trinajstić information content (AvgIpc) is 3.25. The second-order valence-electron chi connectivity index (χ2n) is 6.93. The molecule has 144 valence electrons. The first-order valence-electron chi connectivity index (χ1n) is 10.1. The lowest BCUT2D eigenvalue weighted by atomic mass is 10.1. The van der Waals surface area contributed by atoms with Gasteiger partial charge in [0.1, 0.15) is 5.82 Å². The molecule has 0 aliphatic carbocycles. The van der Waals surface area contributed by atoms with E-state index in [0.29, 0.717) is 6.54 Å². The maximum atomic E-state index is 4.70. The predicted octanol–water partition coefficient (Wildman–Crippen LogP) is 3.37. The van der Waals surface area contributed by atoms with Crippen molar-refractivity contribution < 1.29 is 0 Å². The van der Waals surface area contributed by atoms with E-state index in [4.69, 9.17) is 4.99 Å². The topological polar surface area (TPSA) is 52.6 Å². The van der Waals surface area contributed by atoms with Crippen molar-refractivity contribution in [3.05, 3.63) is 59.8 Å². The van der Waals surface area contributed by atoms with Crippen LogP contribution in [0.15, 0.2) is 53.7 Å². The Morgan fingerprint density at radius 2 is 1.85 bits per heavy atom. The number of guanidine groups is 1. The van der Waals surface area contributed by atoms with Gasteiger partial charge in [0.15, 0.2) is 5.96 Å². The molecule has 0 radical (unpaired) electrons. The number of aryl methyl sites for hydroxylation is 1. The Morgan fingerprint density at radius 1 is 1.04 bits per heavy atom. The first-order valence-corrected chi connectivity index (χ1v) is 10.1. The number of anilines is 1. The van der Waals surface area contributed by atoms with Gasteiger partial charge in [-0.2, -0.15) is 0 Å². The highest BCUT2D eigenvalue weighted by atomic mass is 15.2. The molecule has 1 aromatic carbocycles. The predicted molar refractivity (Wildman–Crippen MR) is 113 cm³/mol. The fraction of sp³-hybridized carbons (Fsp3) is 0.455. The highest BCUT2D eigenvalue weighted by Crippen LogP contribution is 2.17. The van der Waals surface area contributed by atoms with Gasteiger partial charge in [-0.1, -0.05) is 36.4 Å². The van der Waals surface area contributed by atoms with Gasteiger partial charge in [-0.25, -0.2) is 9.98 Å². The van der Waals surface area contributed by atoms with Crippen LogP contribution in [0, 0.1) is 0 Å². The van der Waals surface area contributed by atoms with E-state index < -0.39 is 0 Å². The molecule has 5 nitrogen and oxygen atoms in total. The van der Waals surface area contributed by atoms with Crippen molar-refractivity contribution in [2.45, 2.75) is 39.2 Å². The maximum Gasteiger partial charge on any atom is 0.191 e. The molecule has 1 aliphatic rings. The van der Waals surface area contributed by atoms with Crippen LogP contribution in [0.25, 0.3) is 0 Å². The van der Waals surface area contributed by atoms with E-state index in [0.717, 1.165) is 56.4 Å². The summed E-state index contributed by atoms with van der Waals surface area (Å²) in [4.78, 5) is 11.7. The highest BCUT2D eigenvalue weighted by molar-refractivity contribution is 5.79. The van der Waals surface area contributed by atoms with Crippen LogP contribution < -0.4 is 15.5 Å². The van der Waals surface area contributed by atoms with E-state index in [1.165, 1.54) is 18.4 Å². The minimum Gasteiger partial charge on any atom is -0.357 e. The second kappa shape index (κ2) is 10.6. The summed E-state index contributed by atoms with van der Waals surface area (Å²) in [6, 6.07) is 14.9. The van der Waals surface area contributed by atoms with Gasteiger partial charge in [-0.05, 0) is 49.8 Å². The molecule has 27 heavy (non-hydrogen) atoms. The van der Waals surface area contributed by atoms with Crippen molar-refractivity contribution in [2.24, 2.45) is 4.99 Å². The monoisotopic (exact) mass is 365 g/mol. The van der Waals surface area contributed by atoms with Crippen LogP contribution in [-0.2, 0) is 13.0 Å². The molecule has 0 bridgehead atoms. The molecule has 0 unspecified atom stereocenters. The van der Waals surface area contributed by atoms with Crippen molar-refractivity contribution >= 4 is 11.8 Å². The Kier molecular flexibility index (Phi) is 7.51. The summed E-state index contributed by atoms with van der Waals surface area (Å²) in [7, 11) is 0. The molecule has 1 saturated heterocycles. The third kappa shape index (κ3) is 6.27. The molecule has 5 heteroatoms. The molecule has 0 saturated carbocycles. The summed E-state index contributed by atoms with van der Waals surface area (Å²) >= 11 is 0. The van der Waals surface area contributed by atoms with Gasteiger partial charge >= 0.3 is 0 Å². The van der Waals surface area contributed by atoms with Crippen LogP contribution in [0.1, 0.15) is 37.3 Å². The molecule has 1 fully saturated rings. The third-order valence-corrected chi connectivity index (χ3v) is 4.78. The van der Waals surface area contributed by atoms with Gasteiger partial charge in [0.05, 0.1) is 6.54 Å². The number of hydrogen-bond donors (Lipinski definition) is 2. The van der Waals surface area contributed by atoms with Crippen molar-refractivity contribution in [1.82, 2.24) is 15.6 Å². The van der Waals surface area contributed by atoms with E-state index >= 15 is 0 Å². The van der Waals surface area contributed by atoms with E-state index in [1.807, 2.05) is 6.20 Å². The lowest BCUT2D eigenvalue weighted by Gasteiger charge is -2.16. The lowest BCUT2D eigenvalue weighted by molar-refractivity contribution is 0.743. The summed E-state index contributed by atoms with van der Waals surface area (Å²) < 4.78 is 0. The number of nitrogens with one attached hydrogen (secondary N) is 2. The minimum atomic E-state index is 0.640. The van der Waals surface area contributed by atoms with E-state index in [-0.39, 0.29) is 0 Å². The molecule has 0 atom stereocenters. The number of benzene rings is 1. The van der Waals surface area contributed by atoms with Gasteiger partial charge in [0, 0.05) is 32.4 Å². The quantitative estimate of drug-likeness (QED) is 0.428. The molecular formula is C22H31N5. The minimum absolute atomic E-state index is 0.640. The first kappa shape index (κ1) is 19.2. The fourth-order valence-electron chi connectivity index (χ4n) is 3.30. The number of hydrogen-bond acceptors (Lipinski definition) is 3. The number of rotatable bonds is 8. The third-order valence-electron chi connectivity index (χ3n) is 4.78. The van der Waals surface area contributed by atoms with Crippen molar-refractivity contribution in [1.29, 1.82) is 0 Å². The fourth-order valence-corrected chi connectivity index (χ4v) is 3.30. The summed E-state index contributed by atoms with van der Waals surface area (Å²) in [6.45, 7) is 6.75. The largest absolute Gasteiger partial charge is 0.357 e. The number of pyridine rings is 1. The summed E-state index contributed by atoms with van der Waals surface area (Å²) in [5.41, 5.74) is 2.52. The second-order valence-corrected chi connectivity index (χ2v) is 6.93. The van der Waals surface area contributed by atoms with E-state index in [2.05, 4.69) is 69.9 Å². The summed E-state index contributed by atoms with van der Waals surface area (Å²) in [5.74, 6) is 1.96. The first-order chi connectivity index (χ1) is 13.3. The Hall–Kier alpha value is -2.56. The molecule has 3 rings (SSSR count). The molecule has 2 N–H and O–H groups in total. The van der Waals surface area contributed by atoms with Crippen LogP contribution >= 0.6 is 0 Å². The Balaban J connectivity index is 1.46. The Bertz CT molecular complexity index is 690. The molecule has 0 spiro atoms. The van der Waals surface area contributed by atoms with Crippen LogP contribution in [0.2, 0.25) is 0 Å². The summed E-state index contributed by atoms with van der Waals surface area (Å²) in [5, 5.41) is 6.75. The molecule has 1 aliphatic heterocycles. The molecule has 0 amide bonds. The average molecular weight is 366 g/mol. The van der Waals surface area contributed by atoms with Crippen molar-refractivity contribution in [2.75, 3.05) is 31.1 Å². The standard InChI is InChI=1S/C22H31N5/c1-2-23-22(24-14-8-11-19-9-4-3-5-10-19)26-18-20-12-13-21(25-17-20)27-15-6-7-16-27/h3-5,9-10,12-13,17H,2,6-8,11,14-16,18H2,1H3,(H2,23,24,26). The maximum absolute atomic E-state index is 4.70. The zero-order valence-electron chi connectivity index (χ0n) is 16.3. The van der Waals surface area contributed by atoms with Crippen LogP contribution in [0.3, 0.4) is 0 Å². The van der Waals surface area contributed by atoms with Crippen molar-refractivity contribution in [3.8, 4) is 0 Å². The molecule has 2 aromatic rings. The Morgan fingerprint density at radius 3 is 2.56 bits per heavy atom. The molecular weight excluding hydrogens is 334 g/mol. The number of nitrogens with zero attached hydrogens (tertiary/aromatic N) is 3. The zero-order valence-corrected chi connectivity index (χ0v) is 16.3. The van der Waals surface area contributed by atoms with Crippen molar-refractivity contribution in [3.63, 3.8) is 0 Å². The van der Waals surface area contributed by atoms with Gasteiger partial charge in [-0.15, -0.1) is 0 Å². The molecule has 1 aromatic heterocycles. The molecule has 2 heterocycles. The normalized spacial score (nSPS) is 14.4. The summed E-state index contributed by atoms with van der Waals surface area (Å²) in [6.07, 6.45) is 6.66. The number of aliphatic imine (C=N–C) groups is 1. The lowest BCUT2D eigenvalue weighted by Crippen LogP contribution is -2.37. The van der Waals surface area contributed by atoms with Gasteiger partial charge < -0.3 is 15.5 Å². The SMILES string of the molecule is CCNC(=NCc1ccc(N2CCCC2)nc1)NCCCc1ccccc1. The van der Waals surface area contributed by atoms with Gasteiger partial charge in [0.25, 0.3) is 0 Å². The van der Waals surface area contributed by atoms with E-state index in [1.54, 1.807) is 0 Å². The smallest absolute Gasteiger partial charge is 0.191 e. The van der Waals surface area contributed by atoms with Crippen LogP contribution in [0.5, 0.6) is 0 Å². The van der Waals surface area contributed by atoms with Gasteiger partial charge in [0.2, 0.25) is 0 Å². The highest BCUT2D eigenvalue weighted by Gasteiger charge is 2.12. The number of aromatic nitrogens is 1. The van der Waals surface area contributed by atoms with E-state index in [9.17, 15) is 0 Å². The zero-order chi connectivity index (χ0) is 18.7. The van der Waals surface area contributed by atoms with Crippen LogP contribution in [-0.4, -0.2) is 37.1 Å². The van der Waals surface area contributed by atoms with Crippen LogP contribution in [0.4, 0.5) is 5.82 Å².